The molecular weight excluding hydrogens is 308 g/mol. The summed E-state index contributed by atoms with van der Waals surface area (Å²) in [6, 6.07) is 8.20. The van der Waals surface area contributed by atoms with Gasteiger partial charge in [-0.15, -0.1) is 5.10 Å². The second-order valence-electron chi connectivity index (χ2n) is 5.74. The number of hydrogen-bond donors (Lipinski definition) is 0. The first-order valence-corrected chi connectivity index (χ1v) is 8.17. The Kier molecular flexibility index (Phi) is 5.37. The van der Waals surface area contributed by atoms with Crippen LogP contribution in [0.1, 0.15) is 12.5 Å². The standard InChI is InChI=1S/C16H22N6O2/c1-2-24-15-5-3-14(4-6-15)11-20-7-9-21(10-8-20)16(23)12-22-13-17-18-19-22/h3-6,13H,2,7-12H2,1H3. The summed E-state index contributed by atoms with van der Waals surface area (Å²) in [7, 11) is 0. The van der Waals surface area contributed by atoms with Crippen LogP contribution in [-0.2, 0) is 17.9 Å². The predicted octanol–water partition coefficient (Wildman–Crippen LogP) is 0.416. The van der Waals surface area contributed by atoms with Crippen molar-refractivity contribution in [3.05, 3.63) is 36.2 Å². The molecule has 1 fully saturated rings. The largest absolute Gasteiger partial charge is 0.494 e. The van der Waals surface area contributed by atoms with Gasteiger partial charge in [0, 0.05) is 32.7 Å². The highest BCUT2D eigenvalue weighted by molar-refractivity contribution is 5.75. The van der Waals surface area contributed by atoms with Crippen molar-refractivity contribution in [1.29, 1.82) is 0 Å². The van der Waals surface area contributed by atoms with Crippen LogP contribution in [0, 0.1) is 0 Å². The number of tetrazole rings is 1. The van der Waals surface area contributed by atoms with Crippen LogP contribution in [-0.4, -0.2) is 68.7 Å². The van der Waals surface area contributed by atoms with Gasteiger partial charge in [-0.2, -0.15) is 0 Å². The number of carbonyl (C=O) groups is 1. The Bertz CT molecular complexity index is 635. The lowest BCUT2D eigenvalue weighted by Gasteiger charge is -2.34. The lowest BCUT2D eigenvalue weighted by molar-refractivity contribution is -0.133. The number of piperazine rings is 1. The van der Waals surface area contributed by atoms with Gasteiger partial charge in [-0.25, -0.2) is 4.68 Å². The van der Waals surface area contributed by atoms with E-state index < -0.39 is 0 Å². The molecule has 128 valence electrons. The summed E-state index contributed by atoms with van der Waals surface area (Å²) in [6.07, 6.45) is 1.46. The van der Waals surface area contributed by atoms with E-state index in [1.165, 1.54) is 16.6 Å². The van der Waals surface area contributed by atoms with Gasteiger partial charge in [0.1, 0.15) is 18.6 Å². The van der Waals surface area contributed by atoms with Crippen molar-refractivity contribution in [3.63, 3.8) is 0 Å². The minimum atomic E-state index is 0.0583. The molecule has 0 bridgehead atoms. The maximum absolute atomic E-state index is 12.2. The van der Waals surface area contributed by atoms with Crippen molar-refractivity contribution in [2.24, 2.45) is 0 Å². The molecule has 0 radical (unpaired) electrons. The Labute approximate surface area is 141 Å². The fourth-order valence-electron chi connectivity index (χ4n) is 2.76. The molecule has 8 heteroatoms. The molecule has 1 amide bonds. The van der Waals surface area contributed by atoms with Crippen molar-refractivity contribution >= 4 is 5.91 Å². The van der Waals surface area contributed by atoms with E-state index in [0.29, 0.717) is 6.61 Å². The van der Waals surface area contributed by atoms with Crippen LogP contribution in [0.5, 0.6) is 5.75 Å². The predicted molar refractivity (Wildman–Crippen MR) is 87.3 cm³/mol. The normalized spacial score (nSPS) is 15.5. The van der Waals surface area contributed by atoms with E-state index in [2.05, 4.69) is 32.6 Å². The third-order valence-electron chi connectivity index (χ3n) is 4.05. The number of nitrogens with zero attached hydrogens (tertiary/aromatic N) is 6. The van der Waals surface area contributed by atoms with Gasteiger partial charge in [0.25, 0.3) is 0 Å². The summed E-state index contributed by atoms with van der Waals surface area (Å²) in [5.41, 5.74) is 1.26. The monoisotopic (exact) mass is 330 g/mol. The first-order chi connectivity index (χ1) is 11.7. The van der Waals surface area contributed by atoms with Crippen molar-refractivity contribution in [1.82, 2.24) is 30.0 Å². The molecule has 2 heterocycles. The lowest BCUT2D eigenvalue weighted by Crippen LogP contribution is -2.49. The second kappa shape index (κ2) is 7.87. The molecule has 0 aliphatic carbocycles. The van der Waals surface area contributed by atoms with E-state index in [1.807, 2.05) is 24.0 Å². The second-order valence-corrected chi connectivity index (χ2v) is 5.74. The minimum Gasteiger partial charge on any atom is -0.494 e. The number of benzene rings is 1. The molecule has 8 nitrogen and oxygen atoms in total. The third kappa shape index (κ3) is 4.29. The van der Waals surface area contributed by atoms with Crippen molar-refractivity contribution in [3.8, 4) is 5.75 Å². The van der Waals surface area contributed by atoms with Gasteiger partial charge in [-0.3, -0.25) is 9.69 Å². The highest BCUT2D eigenvalue weighted by Gasteiger charge is 2.21. The van der Waals surface area contributed by atoms with Crippen LogP contribution >= 0.6 is 0 Å². The topological polar surface area (TPSA) is 76.4 Å². The number of hydrogen-bond acceptors (Lipinski definition) is 6. The molecule has 1 aromatic heterocycles. The molecule has 0 saturated carbocycles. The molecule has 1 aliphatic heterocycles. The van der Waals surface area contributed by atoms with E-state index in [4.69, 9.17) is 4.74 Å². The number of ether oxygens (including phenoxy) is 1. The summed E-state index contributed by atoms with van der Waals surface area (Å²) in [5.74, 6) is 0.960. The van der Waals surface area contributed by atoms with Gasteiger partial charge in [0.15, 0.2) is 0 Å². The molecule has 1 aromatic carbocycles. The van der Waals surface area contributed by atoms with E-state index in [0.717, 1.165) is 38.5 Å². The van der Waals surface area contributed by atoms with Gasteiger partial charge in [0.05, 0.1) is 6.61 Å². The number of rotatable bonds is 6. The van der Waals surface area contributed by atoms with Crippen LogP contribution in [0.25, 0.3) is 0 Å². The van der Waals surface area contributed by atoms with Gasteiger partial charge in [-0.05, 0) is 35.0 Å². The van der Waals surface area contributed by atoms with E-state index >= 15 is 0 Å². The molecule has 3 rings (SSSR count). The lowest BCUT2D eigenvalue weighted by atomic mass is 10.2. The minimum absolute atomic E-state index is 0.0583. The summed E-state index contributed by atoms with van der Waals surface area (Å²) < 4.78 is 6.91. The highest BCUT2D eigenvalue weighted by atomic mass is 16.5. The third-order valence-corrected chi connectivity index (χ3v) is 4.05. The number of aromatic nitrogens is 4. The molecule has 0 atom stereocenters. The fourth-order valence-corrected chi connectivity index (χ4v) is 2.76. The Morgan fingerprint density at radius 1 is 1.17 bits per heavy atom. The molecule has 0 unspecified atom stereocenters. The summed E-state index contributed by atoms with van der Waals surface area (Å²) in [4.78, 5) is 16.4. The maximum atomic E-state index is 12.2. The molecule has 1 saturated heterocycles. The zero-order valence-electron chi connectivity index (χ0n) is 13.8. The van der Waals surface area contributed by atoms with Crippen LogP contribution in [0.15, 0.2) is 30.6 Å². The summed E-state index contributed by atoms with van der Waals surface area (Å²) in [5, 5.41) is 10.8. The molecule has 2 aromatic rings. The molecule has 24 heavy (non-hydrogen) atoms. The molecular formula is C16H22N6O2. The van der Waals surface area contributed by atoms with Crippen LogP contribution in [0.3, 0.4) is 0 Å². The number of amides is 1. The van der Waals surface area contributed by atoms with Gasteiger partial charge in [-0.1, -0.05) is 12.1 Å². The van der Waals surface area contributed by atoms with Crippen molar-refractivity contribution < 1.29 is 9.53 Å². The summed E-state index contributed by atoms with van der Waals surface area (Å²) >= 11 is 0. The average Bonchev–Trinajstić information content (AvgIpc) is 3.10. The molecule has 0 spiro atoms. The zero-order valence-corrected chi connectivity index (χ0v) is 13.8. The number of carbonyl (C=O) groups excluding carboxylic acids is 1. The van der Waals surface area contributed by atoms with E-state index in [1.54, 1.807) is 0 Å². The van der Waals surface area contributed by atoms with Crippen molar-refractivity contribution in [2.75, 3.05) is 32.8 Å². The van der Waals surface area contributed by atoms with Crippen molar-refractivity contribution in [2.45, 2.75) is 20.0 Å². The first kappa shape index (κ1) is 16.4. The van der Waals surface area contributed by atoms with Gasteiger partial charge < -0.3 is 9.64 Å². The van der Waals surface area contributed by atoms with Gasteiger partial charge in [0.2, 0.25) is 5.91 Å². The van der Waals surface area contributed by atoms with E-state index in [9.17, 15) is 4.79 Å². The Morgan fingerprint density at radius 3 is 2.54 bits per heavy atom. The Balaban J connectivity index is 1.45. The first-order valence-electron chi connectivity index (χ1n) is 8.17. The van der Waals surface area contributed by atoms with Crippen LogP contribution in [0.4, 0.5) is 0 Å². The van der Waals surface area contributed by atoms with E-state index in [-0.39, 0.29) is 12.5 Å². The summed E-state index contributed by atoms with van der Waals surface area (Å²) in [6.45, 7) is 6.96. The highest BCUT2D eigenvalue weighted by Crippen LogP contribution is 2.14. The fraction of sp³-hybridized carbons (Fsp3) is 0.500. The smallest absolute Gasteiger partial charge is 0.244 e. The zero-order chi connectivity index (χ0) is 16.8. The SMILES string of the molecule is CCOc1ccc(CN2CCN(C(=O)Cn3cnnn3)CC2)cc1. The molecule has 0 N–H and O–H groups in total. The van der Waals surface area contributed by atoms with Crippen LogP contribution < -0.4 is 4.74 Å². The van der Waals surface area contributed by atoms with Crippen LogP contribution in [0.2, 0.25) is 0 Å². The van der Waals surface area contributed by atoms with Gasteiger partial charge >= 0.3 is 0 Å². The maximum Gasteiger partial charge on any atom is 0.244 e. The Morgan fingerprint density at radius 2 is 1.92 bits per heavy atom. The quantitative estimate of drug-likeness (QED) is 0.764. The Hall–Kier alpha value is -2.48. The average molecular weight is 330 g/mol. The molecule has 1 aliphatic rings.